The minimum atomic E-state index is -4.07. The van der Waals surface area contributed by atoms with Crippen molar-refractivity contribution in [3.63, 3.8) is 0 Å². The molecule has 5 aliphatic heterocycles. The standard InChI is InChI=1S/C25H19NO4S.C23H23NO4S.C20H17NO4S.C19H14ClNO4S.C17H19NO4S/c1-17-11-14-20(15-12-17)31(27,28)30-26-24-23-21-10-6-5-7-18(21)13-16-22(23)29-25(24)19-8-3-2-4-9-19;1-3-4-9-21-23(24-28-29(25,26)18-13-10-16(2)11-14-18)22-19-8-6-5-7-17(19)12-15-20(22)27-21;1-13-7-10-16(11-8-13)26(22,23)25-21-20-14(2)24-18-12-9-15-5-3-4-6-17(15)19(18)20;1-12-6-9-14(10-7-12)26(22,23)25-21-18-17-15-5-3-2-4-13(15)8-11-16(17)24-19(18)20;1-4-11(2)17-16(18-22-23(3,19)20)15-13-8-6-5-7-12(13)9-10-14(15)21-17/h2-16,25H,1H3;5-8,10-15,21H,3-4,9H2,1-2H3;3-12,14H,1-2H3;2-11,19H,1H3;5-11,17H,4H2,1-3H3/b26-24-;24-23+;21-20+;21-18-;18-16-. The van der Waals surface area contributed by atoms with E-state index >= 15 is 0 Å². The Morgan fingerprint density at radius 1 is 0.326 bits per heavy atom. The van der Waals surface area contributed by atoms with Gasteiger partial charge >= 0.3 is 50.6 Å². The smallest absolute Gasteiger partial charge is 0.358 e. The first-order valence-corrected chi connectivity index (χ1v) is 51.1. The Bertz CT molecular complexity index is 7630. The first kappa shape index (κ1) is 94.2. The van der Waals surface area contributed by atoms with E-state index in [1.54, 1.807) is 54.6 Å². The number of benzene rings is 15. The van der Waals surface area contributed by atoms with Crippen LogP contribution in [0.4, 0.5) is 0 Å². The number of aryl methyl sites for hydroxylation is 4. The maximum Gasteiger partial charge on any atom is 0.358 e. The van der Waals surface area contributed by atoms with Gasteiger partial charge < -0.3 is 23.7 Å². The molecule has 5 heterocycles. The van der Waals surface area contributed by atoms with Gasteiger partial charge in [-0.1, -0.05) is 317 Å². The zero-order chi connectivity index (χ0) is 95.1. The van der Waals surface area contributed by atoms with Crippen molar-refractivity contribution in [2.75, 3.05) is 6.26 Å². The summed E-state index contributed by atoms with van der Waals surface area (Å²) >= 11 is 6.21. The molecule has 0 saturated heterocycles. The van der Waals surface area contributed by atoms with Gasteiger partial charge in [0.1, 0.15) is 95.2 Å². The Morgan fingerprint density at radius 2 is 0.630 bits per heavy atom. The largest absolute Gasteiger partial charge is 0.484 e. The van der Waals surface area contributed by atoms with Crippen LogP contribution in [0.25, 0.3) is 53.9 Å². The third-order valence-corrected chi connectivity index (χ3v) is 28.1. The van der Waals surface area contributed by atoms with E-state index in [9.17, 15) is 42.1 Å². The predicted molar refractivity (Wildman–Crippen MR) is 524 cm³/mol. The monoisotopic (exact) mass is 1930 g/mol. The molecular weight excluding hydrogens is 1830 g/mol. The van der Waals surface area contributed by atoms with Gasteiger partial charge in [0, 0.05) is 0 Å². The first-order chi connectivity index (χ1) is 64.8. The van der Waals surface area contributed by atoms with E-state index in [2.05, 4.69) is 46.5 Å². The van der Waals surface area contributed by atoms with Crippen LogP contribution in [0.3, 0.4) is 0 Å². The quantitative estimate of drug-likeness (QED) is 0.0505. The molecule has 6 unspecified atom stereocenters. The van der Waals surface area contributed by atoms with Crippen molar-refractivity contribution in [3.8, 4) is 28.7 Å². The van der Waals surface area contributed by atoms with Gasteiger partial charge in [-0.05, 0) is 198 Å². The summed E-state index contributed by atoms with van der Waals surface area (Å²) in [5.41, 5.74) is 9.74. The summed E-state index contributed by atoms with van der Waals surface area (Å²) < 4.78 is 178. The molecule has 31 heteroatoms. The molecule has 15 aromatic carbocycles. The van der Waals surface area contributed by atoms with Crippen LogP contribution in [0.1, 0.15) is 115 Å². The van der Waals surface area contributed by atoms with Crippen molar-refractivity contribution in [3.05, 3.63) is 365 Å². The summed E-state index contributed by atoms with van der Waals surface area (Å²) in [6, 6.07) is 93.5. The van der Waals surface area contributed by atoms with E-state index in [1.807, 2.05) is 241 Å². The fraction of sp³-hybridized carbons (Fsp3) is 0.183. The molecule has 0 fully saturated rings. The van der Waals surface area contributed by atoms with Crippen molar-refractivity contribution < 1.29 is 87.2 Å². The molecule has 6 atom stereocenters. The minimum absolute atomic E-state index is 0.0237. The van der Waals surface area contributed by atoms with Gasteiger partial charge in [-0.2, -0.15) is 42.1 Å². The number of halogens is 1. The molecule has 690 valence electrons. The molecule has 135 heavy (non-hydrogen) atoms. The number of fused-ring (bicyclic) bond motifs is 15. The van der Waals surface area contributed by atoms with Crippen LogP contribution in [0.15, 0.2) is 355 Å². The molecule has 0 N–H and O–H groups in total. The van der Waals surface area contributed by atoms with E-state index in [-0.39, 0.29) is 43.4 Å². The molecule has 5 aliphatic rings. The van der Waals surface area contributed by atoms with Crippen molar-refractivity contribution in [2.45, 2.75) is 131 Å². The maximum absolute atomic E-state index is 12.7. The molecule has 0 bridgehead atoms. The lowest BCUT2D eigenvalue weighted by Crippen LogP contribution is -2.29. The van der Waals surface area contributed by atoms with E-state index in [0.717, 1.165) is 136 Å². The number of hydrogen-bond donors (Lipinski definition) is 0. The molecule has 0 aliphatic carbocycles. The fourth-order valence-corrected chi connectivity index (χ4v) is 19.2. The van der Waals surface area contributed by atoms with Crippen molar-refractivity contribution in [2.24, 2.45) is 31.7 Å². The Hall–Kier alpha value is -14.0. The predicted octanol–water partition coefficient (Wildman–Crippen LogP) is 22.2. The van der Waals surface area contributed by atoms with Gasteiger partial charge in [-0.15, -0.1) is 0 Å². The minimum Gasteiger partial charge on any atom is -0.484 e. The summed E-state index contributed by atoms with van der Waals surface area (Å²) in [6.07, 6.45) is 2.94. The van der Waals surface area contributed by atoms with Crippen LogP contribution in [-0.4, -0.2) is 101 Å². The van der Waals surface area contributed by atoms with Crippen LogP contribution < -0.4 is 23.7 Å². The van der Waals surface area contributed by atoms with Crippen LogP contribution >= 0.6 is 11.6 Å². The van der Waals surface area contributed by atoms with Gasteiger partial charge in [0.05, 0.1) is 34.1 Å². The highest BCUT2D eigenvalue weighted by molar-refractivity contribution is 7.87. The van der Waals surface area contributed by atoms with E-state index < -0.39 is 68.4 Å². The van der Waals surface area contributed by atoms with Crippen molar-refractivity contribution >= 4 is 145 Å². The molecule has 0 spiro atoms. The van der Waals surface area contributed by atoms with Crippen LogP contribution in [0.5, 0.6) is 28.7 Å². The number of rotatable bonds is 20. The lowest BCUT2D eigenvalue weighted by Gasteiger charge is -2.17. The highest BCUT2D eigenvalue weighted by Gasteiger charge is 2.40. The second kappa shape index (κ2) is 40.0. The molecule has 0 amide bonds. The van der Waals surface area contributed by atoms with Gasteiger partial charge in [0.25, 0.3) is 0 Å². The van der Waals surface area contributed by atoms with Gasteiger partial charge in [-0.3, -0.25) is 21.4 Å². The average molecular weight is 1930 g/mol. The molecule has 15 aromatic rings. The fourth-order valence-electron chi connectivity index (χ4n) is 15.8. The van der Waals surface area contributed by atoms with Gasteiger partial charge in [0.15, 0.2) is 6.10 Å². The molecule has 25 nitrogen and oxygen atoms in total. The second-order valence-corrected chi connectivity index (χ2v) is 40.7. The van der Waals surface area contributed by atoms with E-state index in [1.165, 1.54) is 48.5 Å². The van der Waals surface area contributed by atoms with Crippen LogP contribution in [0.2, 0.25) is 0 Å². The second-order valence-electron chi connectivity index (χ2n) is 32.6. The van der Waals surface area contributed by atoms with Crippen molar-refractivity contribution in [1.82, 2.24) is 0 Å². The summed E-state index contributed by atoms with van der Waals surface area (Å²) in [7, 11) is -19.8. The number of nitrogens with zero attached hydrogens (tertiary/aromatic N) is 5. The molecule has 0 saturated carbocycles. The Kier molecular flexibility index (Phi) is 27.9. The Balaban J connectivity index is 0.000000123. The summed E-state index contributed by atoms with van der Waals surface area (Å²) in [5.74, 6) is 3.46. The molecule has 20 rings (SSSR count). The molecule has 0 aromatic heterocycles. The zero-order valence-corrected chi connectivity index (χ0v) is 79.4. The highest BCUT2D eigenvalue weighted by atomic mass is 35.5. The Labute approximate surface area is 788 Å². The number of hydrogen-bond acceptors (Lipinski definition) is 25. The van der Waals surface area contributed by atoms with E-state index in [4.69, 9.17) is 56.7 Å². The first-order valence-electron chi connectivity index (χ1n) is 43.3. The SMILES string of the molecule is CCC(C)C1Oc2ccc3ccccc3c2/C1=N/OS(C)(=O)=O.CCCCC1Oc2ccc3ccccc3c2/C1=N/OS(=O)(=O)c1ccc(C)cc1.Cc1ccc(S(=O)(=O)O/N=C2/c3c(ccc4ccccc34)OC2C)cc1.Cc1ccc(S(=O)(=O)O/N=C2/c3c(ccc4ccccc34)OC2Cl)cc1.Cc1ccc(S(=O)(=O)O/N=C2/c3c(ccc4ccccc34)OC2c2ccccc2)cc1. The molecular formula is C104H92ClN5O20S5. The maximum atomic E-state index is 12.7. The number of unbranched alkanes of at least 4 members (excludes halogenated alkanes) is 1. The van der Waals surface area contributed by atoms with Gasteiger partial charge in [0.2, 0.25) is 5.56 Å². The summed E-state index contributed by atoms with van der Waals surface area (Å²) in [5, 5.41) is 29.8. The third-order valence-electron chi connectivity index (χ3n) is 23.0. The number of alkyl halides is 1. The lowest BCUT2D eigenvalue weighted by molar-refractivity contribution is 0.211. The van der Waals surface area contributed by atoms with Gasteiger partial charge in [-0.25, -0.2) is 0 Å². The number of ether oxygens (including phenoxy) is 5. The molecule has 0 radical (unpaired) electrons. The average Bonchev–Trinajstić information content (AvgIpc) is 1.57. The zero-order valence-electron chi connectivity index (χ0n) is 74.6. The number of oxime groups is 5. The van der Waals surface area contributed by atoms with E-state index in [0.29, 0.717) is 57.2 Å². The van der Waals surface area contributed by atoms with Crippen LogP contribution in [-0.2, 0) is 72.0 Å². The van der Waals surface area contributed by atoms with Crippen LogP contribution in [0, 0.1) is 33.6 Å². The Morgan fingerprint density at radius 3 is 1.01 bits per heavy atom. The lowest BCUT2D eigenvalue weighted by atomic mass is 9.93. The third kappa shape index (κ3) is 21.0. The van der Waals surface area contributed by atoms with Crippen molar-refractivity contribution in [1.29, 1.82) is 0 Å². The summed E-state index contributed by atoms with van der Waals surface area (Å²) in [6.45, 7) is 15.6. The summed E-state index contributed by atoms with van der Waals surface area (Å²) in [4.78, 5) is 0.221. The highest BCUT2D eigenvalue weighted by Crippen LogP contribution is 2.45. The normalized spacial score (nSPS) is 17.9. The topological polar surface area (TPSA) is 325 Å².